The molecule has 0 spiro atoms. The second-order valence-corrected chi connectivity index (χ2v) is 2.73. The smallest absolute Gasteiger partial charge is 0.144 e. The van der Waals surface area contributed by atoms with Gasteiger partial charge in [0.05, 0.1) is 18.2 Å². The molecule has 0 aliphatic rings. The standard InChI is InChI=1S/C10H8ClNO/c1-13-10-8(5-3-7-12)4-2-6-9(10)11/h2-6H,1H3/b5-3+. The predicted octanol–water partition coefficient (Wildman–Crippen LogP) is 2.89. The lowest BCUT2D eigenvalue weighted by Crippen LogP contribution is -1.87. The maximum Gasteiger partial charge on any atom is 0.144 e. The molecule has 0 bridgehead atoms. The van der Waals surface area contributed by atoms with Crippen molar-refractivity contribution in [2.45, 2.75) is 0 Å². The summed E-state index contributed by atoms with van der Waals surface area (Å²) in [6, 6.07) is 7.29. The number of benzene rings is 1. The number of allylic oxidation sites excluding steroid dienone is 1. The van der Waals surface area contributed by atoms with Crippen molar-refractivity contribution in [3.63, 3.8) is 0 Å². The van der Waals surface area contributed by atoms with Crippen molar-refractivity contribution in [2.24, 2.45) is 0 Å². The molecule has 0 saturated carbocycles. The summed E-state index contributed by atoms with van der Waals surface area (Å²) in [5.41, 5.74) is 0.802. The van der Waals surface area contributed by atoms with E-state index in [1.54, 1.807) is 19.3 Å². The molecule has 0 N–H and O–H groups in total. The minimum absolute atomic E-state index is 0.544. The van der Waals surface area contributed by atoms with Crippen LogP contribution in [0.5, 0.6) is 5.75 Å². The molecular weight excluding hydrogens is 186 g/mol. The summed E-state index contributed by atoms with van der Waals surface area (Å²) < 4.78 is 5.08. The van der Waals surface area contributed by atoms with Crippen LogP contribution in [0.1, 0.15) is 5.56 Å². The second kappa shape index (κ2) is 4.54. The Morgan fingerprint density at radius 3 is 2.92 bits per heavy atom. The molecule has 2 nitrogen and oxygen atoms in total. The van der Waals surface area contributed by atoms with Gasteiger partial charge in [-0.2, -0.15) is 5.26 Å². The first kappa shape index (κ1) is 9.63. The lowest BCUT2D eigenvalue weighted by molar-refractivity contribution is 0.414. The molecule has 0 aliphatic carbocycles. The molecule has 0 aromatic heterocycles. The molecule has 3 heteroatoms. The molecule has 0 heterocycles. The van der Waals surface area contributed by atoms with Crippen molar-refractivity contribution >= 4 is 17.7 Å². The Morgan fingerprint density at radius 1 is 1.54 bits per heavy atom. The quantitative estimate of drug-likeness (QED) is 0.677. The van der Waals surface area contributed by atoms with Crippen LogP contribution >= 0.6 is 11.6 Å². The first-order valence-electron chi connectivity index (χ1n) is 3.68. The number of ether oxygens (including phenoxy) is 1. The molecule has 13 heavy (non-hydrogen) atoms. The zero-order valence-corrected chi connectivity index (χ0v) is 7.88. The summed E-state index contributed by atoms with van der Waals surface area (Å²) >= 11 is 5.87. The number of hydrogen-bond acceptors (Lipinski definition) is 2. The highest BCUT2D eigenvalue weighted by Crippen LogP contribution is 2.28. The van der Waals surface area contributed by atoms with Gasteiger partial charge < -0.3 is 4.74 Å². The van der Waals surface area contributed by atoms with Gasteiger partial charge in [-0.15, -0.1) is 0 Å². The van der Waals surface area contributed by atoms with Crippen molar-refractivity contribution in [1.29, 1.82) is 5.26 Å². The summed E-state index contributed by atoms with van der Waals surface area (Å²) in [5.74, 6) is 0.593. The Bertz CT molecular complexity index is 366. The molecule has 0 fully saturated rings. The van der Waals surface area contributed by atoms with Gasteiger partial charge >= 0.3 is 0 Å². The lowest BCUT2D eigenvalue weighted by atomic mass is 10.2. The topological polar surface area (TPSA) is 33.0 Å². The van der Waals surface area contributed by atoms with Gasteiger partial charge in [-0.05, 0) is 12.1 Å². The van der Waals surface area contributed by atoms with Crippen molar-refractivity contribution < 1.29 is 4.74 Å². The van der Waals surface area contributed by atoms with Gasteiger partial charge in [0.25, 0.3) is 0 Å². The third kappa shape index (κ3) is 2.24. The molecule has 1 aromatic rings. The Balaban J connectivity index is 3.14. The Labute approximate surface area is 82.0 Å². The van der Waals surface area contributed by atoms with Crippen molar-refractivity contribution in [3.05, 3.63) is 34.9 Å². The summed E-state index contributed by atoms with van der Waals surface area (Å²) in [6.45, 7) is 0. The zero-order chi connectivity index (χ0) is 9.68. The van der Waals surface area contributed by atoms with Gasteiger partial charge in [0.15, 0.2) is 0 Å². The van der Waals surface area contributed by atoms with E-state index in [9.17, 15) is 0 Å². The van der Waals surface area contributed by atoms with Crippen LogP contribution in [0.15, 0.2) is 24.3 Å². The SMILES string of the molecule is COc1c(Cl)cccc1/C=C/C#N. The Kier molecular flexibility index (Phi) is 3.36. The number of halogens is 1. The molecule has 0 atom stereocenters. The first-order valence-corrected chi connectivity index (χ1v) is 4.06. The molecule has 0 saturated heterocycles. The average molecular weight is 194 g/mol. The monoisotopic (exact) mass is 193 g/mol. The maximum atomic E-state index is 8.35. The highest BCUT2D eigenvalue weighted by atomic mass is 35.5. The molecule has 66 valence electrons. The number of nitrogens with zero attached hydrogens (tertiary/aromatic N) is 1. The Hall–Kier alpha value is -1.46. The van der Waals surface area contributed by atoms with E-state index in [2.05, 4.69) is 0 Å². The molecule has 0 radical (unpaired) electrons. The third-order valence-corrected chi connectivity index (χ3v) is 1.84. The second-order valence-electron chi connectivity index (χ2n) is 2.32. The number of rotatable bonds is 2. The van der Waals surface area contributed by atoms with Gasteiger partial charge in [0.1, 0.15) is 5.75 Å². The third-order valence-electron chi connectivity index (χ3n) is 1.54. The van der Waals surface area contributed by atoms with Crippen LogP contribution in [0.25, 0.3) is 6.08 Å². The van der Waals surface area contributed by atoms with Gasteiger partial charge in [0.2, 0.25) is 0 Å². The molecule has 0 unspecified atom stereocenters. The summed E-state index contributed by atoms with van der Waals surface area (Å²) in [4.78, 5) is 0. The van der Waals surface area contributed by atoms with Gasteiger partial charge in [-0.1, -0.05) is 23.7 Å². The van der Waals surface area contributed by atoms with Crippen molar-refractivity contribution in [3.8, 4) is 11.8 Å². The lowest BCUT2D eigenvalue weighted by Gasteiger charge is -2.05. The van der Waals surface area contributed by atoms with Gasteiger partial charge in [0, 0.05) is 11.6 Å². The van der Waals surface area contributed by atoms with E-state index < -0.39 is 0 Å². The minimum Gasteiger partial charge on any atom is -0.495 e. The highest BCUT2D eigenvalue weighted by molar-refractivity contribution is 6.32. The number of nitriles is 1. The molecule has 0 amide bonds. The van der Waals surface area contributed by atoms with Crippen LogP contribution in [0.3, 0.4) is 0 Å². The van der Waals surface area contributed by atoms with E-state index in [-0.39, 0.29) is 0 Å². The number of methoxy groups -OCH3 is 1. The van der Waals surface area contributed by atoms with E-state index in [4.69, 9.17) is 21.6 Å². The summed E-state index contributed by atoms with van der Waals surface area (Å²) in [6.07, 6.45) is 3.04. The van der Waals surface area contributed by atoms with Crippen LogP contribution < -0.4 is 4.74 Å². The fraction of sp³-hybridized carbons (Fsp3) is 0.100. The summed E-state index contributed by atoms with van der Waals surface area (Å²) in [5, 5.41) is 8.89. The first-order chi connectivity index (χ1) is 6.29. The van der Waals surface area contributed by atoms with E-state index in [0.29, 0.717) is 10.8 Å². The normalized spacial score (nSPS) is 9.92. The Morgan fingerprint density at radius 2 is 2.31 bits per heavy atom. The van der Waals surface area contributed by atoms with Crippen LogP contribution in [-0.2, 0) is 0 Å². The fourth-order valence-corrected chi connectivity index (χ4v) is 1.26. The number of para-hydroxylation sites is 1. The number of hydrogen-bond donors (Lipinski definition) is 0. The molecule has 1 rings (SSSR count). The zero-order valence-electron chi connectivity index (χ0n) is 7.12. The van der Waals surface area contributed by atoms with Crippen molar-refractivity contribution in [2.75, 3.05) is 7.11 Å². The van der Waals surface area contributed by atoms with Crippen LogP contribution in [-0.4, -0.2) is 7.11 Å². The summed E-state index contributed by atoms with van der Waals surface area (Å²) in [7, 11) is 1.55. The van der Waals surface area contributed by atoms with Gasteiger partial charge in [-0.3, -0.25) is 0 Å². The van der Waals surface area contributed by atoms with Crippen LogP contribution in [0, 0.1) is 11.3 Å². The van der Waals surface area contributed by atoms with E-state index >= 15 is 0 Å². The minimum atomic E-state index is 0.544. The van der Waals surface area contributed by atoms with E-state index in [0.717, 1.165) is 5.56 Å². The molecule has 0 aliphatic heterocycles. The van der Waals surface area contributed by atoms with E-state index in [1.165, 1.54) is 6.08 Å². The highest BCUT2D eigenvalue weighted by Gasteiger charge is 2.03. The largest absolute Gasteiger partial charge is 0.495 e. The van der Waals surface area contributed by atoms with Gasteiger partial charge in [-0.25, -0.2) is 0 Å². The molecule has 1 aromatic carbocycles. The molecular formula is C10H8ClNO. The average Bonchev–Trinajstić information content (AvgIpc) is 2.15. The van der Waals surface area contributed by atoms with Crippen LogP contribution in [0.2, 0.25) is 5.02 Å². The van der Waals surface area contributed by atoms with Crippen LogP contribution in [0.4, 0.5) is 0 Å². The predicted molar refractivity (Wildman–Crippen MR) is 52.7 cm³/mol. The fourth-order valence-electron chi connectivity index (χ4n) is 0.999. The maximum absolute atomic E-state index is 8.35. The van der Waals surface area contributed by atoms with E-state index in [1.807, 2.05) is 18.2 Å². The van der Waals surface area contributed by atoms with Crippen molar-refractivity contribution in [1.82, 2.24) is 0 Å².